The molecule has 1 N–H and O–H groups in total. The van der Waals surface area contributed by atoms with Gasteiger partial charge >= 0.3 is 0 Å². The molecule has 0 aliphatic carbocycles. The monoisotopic (exact) mass is 417 g/mol. The van der Waals surface area contributed by atoms with Gasteiger partial charge in [-0.15, -0.1) is 21.5 Å². The van der Waals surface area contributed by atoms with Crippen LogP contribution in [0, 0.1) is 11.3 Å². The molecule has 0 bridgehead atoms. The number of nitriles is 1. The third-order valence-corrected chi connectivity index (χ3v) is 5.80. The van der Waals surface area contributed by atoms with E-state index in [4.69, 9.17) is 16.9 Å². The van der Waals surface area contributed by atoms with Crippen molar-refractivity contribution < 1.29 is 4.79 Å². The summed E-state index contributed by atoms with van der Waals surface area (Å²) in [6, 6.07) is 11.4. The summed E-state index contributed by atoms with van der Waals surface area (Å²) >= 11 is 8.59. The van der Waals surface area contributed by atoms with Crippen molar-refractivity contribution in [2.24, 2.45) is 0 Å². The van der Waals surface area contributed by atoms with Gasteiger partial charge in [-0.1, -0.05) is 35.5 Å². The first-order valence-electron chi connectivity index (χ1n) is 8.17. The Labute approximate surface area is 170 Å². The van der Waals surface area contributed by atoms with Crippen LogP contribution >= 0.6 is 34.7 Å². The molecule has 1 amide bonds. The van der Waals surface area contributed by atoms with E-state index >= 15 is 0 Å². The van der Waals surface area contributed by atoms with E-state index in [9.17, 15) is 4.79 Å². The number of halogens is 1. The molecule has 2 heterocycles. The fraction of sp³-hybridized carbons (Fsp3) is 0.222. The standard InChI is InChI=1S/C18H16ClN5OS2/c1-2-24-15(9-12-3-5-14(19)6-4-12)22-23-18(24)27-11-16(25)21-17-13(10-20)7-8-26-17/h3-8H,2,9,11H2,1H3,(H,21,25). The first kappa shape index (κ1) is 19.4. The van der Waals surface area contributed by atoms with Crippen molar-refractivity contribution in [3.8, 4) is 6.07 Å². The zero-order valence-corrected chi connectivity index (χ0v) is 16.9. The second kappa shape index (κ2) is 9.04. The van der Waals surface area contributed by atoms with Gasteiger partial charge in [0.1, 0.15) is 16.9 Å². The molecule has 0 aliphatic rings. The van der Waals surface area contributed by atoms with Gasteiger partial charge in [0.15, 0.2) is 5.16 Å². The van der Waals surface area contributed by atoms with Gasteiger partial charge in [-0.25, -0.2) is 0 Å². The van der Waals surface area contributed by atoms with E-state index in [-0.39, 0.29) is 11.7 Å². The van der Waals surface area contributed by atoms with Gasteiger partial charge in [0, 0.05) is 18.0 Å². The molecule has 0 saturated heterocycles. The Morgan fingerprint density at radius 2 is 2.11 bits per heavy atom. The van der Waals surface area contributed by atoms with E-state index < -0.39 is 0 Å². The number of hydrogen-bond acceptors (Lipinski definition) is 6. The molecule has 0 atom stereocenters. The van der Waals surface area contributed by atoms with E-state index in [2.05, 4.69) is 21.6 Å². The SMILES string of the molecule is CCn1c(Cc2ccc(Cl)cc2)nnc1SCC(=O)Nc1sccc1C#N. The van der Waals surface area contributed by atoms with Crippen LogP contribution in [0.15, 0.2) is 40.9 Å². The highest BCUT2D eigenvalue weighted by Crippen LogP contribution is 2.24. The van der Waals surface area contributed by atoms with E-state index in [0.717, 1.165) is 11.4 Å². The zero-order valence-electron chi connectivity index (χ0n) is 14.5. The van der Waals surface area contributed by atoms with Crippen LogP contribution in [0.2, 0.25) is 5.02 Å². The highest BCUT2D eigenvalue weighted by Gasteiger charge is 2.14. The highest BCUT2D eigenvalue weighted by atomic mass is 35.5. The number of aromatic nitrogens is 3. The van der Waals surface area contributed by atoms with Crippen LogP contribution in [-0.4, -0.2) is 26.4 Å². The molecule has 0 aliphatic heterocycles. The summed E-state index contributed by atoms with van der Waals surface area (Å²) in [5.74, 6) is 0.860. The minimum absolute atomic E-state index is 0.177. The molecule has 1 aromatic carbocycles. The lowest BCUT2D eigenvalue weighted by Crippen LogP contribution is -2.14. The lowest BCUT2D eigenvalue weighted by atomic mass is 10.1. The van der Waals surface area contributed by atoms with E-state index in [0.29, 0.717) is 33.7 Å². The first-order valence-corrected chi connectivity index (χ1v) is 10.4. The molecule has 0 saturated carbocycles. The molecule has 6 nitrogen and oxygen atoms in total. The Bertz CT molecular complexity index is 975. The van der Waals surface area contributed by atoms with Gasteiger partial charge in [0.05, 0.1) is 11.3 Å². The number of rotatable bonds is 7. The van der Waals surface area contributed by atoms with Crippen molar-refractivity contribution in [3.63, 3.8) is 0 Å². The minimum atomic E-state index is -0.177. The summed E-state index contributed by atoms with van der Waals surface area (Å²) < 4.78 is 2.00. The summed E-state index contributed by atoms with van der Waals surface area (Å²) in [6.07, 6.45) is 0.644. The molecule has 2 aromatic heterocycles. The number of carbonyl (C=O) groups is 1. The van der Waals surface area contributed by atoms with Crippen LogP contribution < -0.4 is 5.32 Å². The maximum absolute atomic E-state index is 12.2. The van der Waals surface area contributed by atoms with E-state index in [1.807, 2.05) is 35.8 Å². The number of nitrogens with zero attached hydrogens (tertiary/aromatic N) is 4. The normalized spacial score (nSPS) is 10.6. The summed E-state index contributed by atoms with van der Waals surface area (Å²) in [7, 11) is 0. The van der Waals surface area contributed by atoms with Crippen LogP contribution in [-0.2, 0) is 17.8 Å². The third-order valence-electron chi connectivity index (χ3n) is 3.76. The van der Waals surface area contributed by atoms with Gasteiger partial charge in [-0.3, -0.25) is 4.79 Å². The quantitative estimate of drug-likeness (QED) is 0.582. The molecule has 27 heavy (non-hydrogen) atoms. The van der Waals surface area contributed by atoms with Crippen LogP contribution in [0.1, 0.15) is 23.9 Å². The summed E-state index contributed by atoms with van der Waals surface area (Å²) in [5, 5.41) is 24.0. The Morgan fingerprint density at radius 3 is 2.81 bits per heavy atom. The third kappa shape index (κ3) is 4.89. The second-order valence-electron chi connectivity index (χ2n) is 5.56. The van der Waals surface area contributed by atoms with Crippen molar-refractivity contribution in [3.05, 3.63) is 57.7 Å². The van der Waals surface area contributed by atoms with Gasteiger partial charge in [0.25, 0.3) is 0 Å². The Kier molecular flexibility index (Phi) is 6.50. The van der Waals surface area contributed by atoms with E-state index in [1.165, 1.54) is 23.1 Å². The van der Waals surface area contributed by atoms with Gasteiger partial charge in [-0.05, 0) is 36.1 Å². The number of hydrogen-bond donors (Lipinski definition) is 1. The first-order chi connectivity index (χ1) is 13.1. The number of carbonyl (C=O) groups excluding carboxylic acids is 1. The van der Waals surface area contributed by atoms with Gasteiger partial charge < -0.3 is 9.88 Å². The summed E-state index contributed by atoms with van der Waals surface area (Å²) in [4.78, 5) is 12.2. The summed E-state index contributed by atoms with van der Waals surface area (Å²) in [6.45, 7) is 2.73. The lowest BCUT2D eigenvalue weighted by molar-refractivity contribution is -0.113. The molecule has 0 spiro atoms. The molecular weight excluding hydrogens is 402 g/mol. The summed E-state index contributed by atoms with van der Waals surface area (Å²) in [5.41, 5.74) is 1.57. The predicted octanol–water partition coefficient (Wildman–Crippen LogP) is 4.21. The van der Waals surface area contributed by atoms with Crippen molar-refractivity contribution >= 4 is 45.6 Å². The number of amides is 1. The molecule has 3 aromatic rings. The molecule has 0 unspecified atom stereocenters. The number of thiophene rings is 1. The molecule has 0 radical (unpaired) electrons. The fourth-order valence-corrected chi connectivity index (χ4v) is 4.15. The van der Waals surface area contributed by atoms with Crippen LogP contribution in [0.5, 0.6) is 0 Å². The van der Waals surface area contributed by atoms with Crippen LogP contribution in [0.3, 0.4) is 0 Å². The molecule has 0 fully saturated rings. The Balaban J connectivity index is 1.63. The largest absolute Gasteiger partial charge is 0.316 e. The van der Waals surface area contributed by atoms with Crippen molar-refractivity contribution in [2.75, 3.05) is 11.1 Å². The fourth-order valence-electron chi connectivity index (χ4n) is 2.45. The molecular formula is C18H16ClN5OS2. The Hall–Kier alpha value is -2.34. The Morgan fingerprint density at radius 1 is 1.33 bits per heavy atom. The second-order valence-corrected chi connectivity index (χ2v) is 7.85. The molecule has 9 heteroatoms. The predicted molar refractivity (Wildman–Crippen MR) is 108 cm³/mol. The minimum Gasteiger partial charge on any atom is -0.316 e. The number of benzene rings is 1. The van der Waals surface area contributed by atoms with Crippen molar-refractivity contribution in [2.45, 2.75) is 25.0 Å². The smallest absolute Gasteiger partial charge is 0.235 e. The average Bonchev–Trinajstić information content (AvgIpc) is 3.28. The van der Waals surface area contributed by atoms with E-state index in [1.54, 1.807) is 11.4 Å². The highest BCUT2D eigenvalue weighted by molar-refractivity contribution is 7.99. The van der Waals surface area contributed by atoms with Crippen LogP contribution in [0.25, 0.3) is 0 Å². The number of thioether (sulfide) groups is 1. The topological polar surface area (TPSA) is 83.6 Å². The van der Waals surface area contributed by atoms with Crippen molar-refractivity contribution in [1.29, 1.82) is 5.26 Å². The zero-order chi connectivity index (χ0) is 19.2. The van der Waals surface area contributed by atoms with Gasteiger partial charge in [-0.2, -0.15) is 5.26 Å². The average molecular weight is 418 g/mol. The lowest BCUT2D eigenvalue weighted by Gasteiger charge is -2.08. The molecule has 3 rings (SSSR count). The number of nitrogens with one attached hydrogen (secondary N) is 1. The van der Waals surface area contributed by atoms with Crippen molar-refractivity contribution in [1.82, 2.24) is 14.8 Å². The van der Waals surface area contributed by atoms with Crippen LogP contribution in [0.4, 0.5) is 5.00 Å². The molecule has 138 valence electrons. The number of anilines is 1. The maximum atomic E-state index is 12.2. The van der Waals surface area contributed by atoms with Gasteiger partial charge in [0.2, 0.25) is 5.91 Å². The maximum Gasteiger partial charge on any atom is 0.235 e.